The molecule has 0 amide bonds. The second-order valence-corrected chi connectivity index (χ2v) is 6.00. The van der Waals surface area contributed by atoms with E-state index < -0.39 is 0 Å². The number of hydrogen-bond donors (Lipinski definition) is 0. The highest BCUT2D eigenvalue weighted by atomic mass is 16.5. The van der Waals surface area contributed by atoms with Crippen LogP contribution in [-0.2, 0) is 16.6 Å². The highest BCUT2D eigenvalue weighted by Crippen LogP contribution is 2.40. The summed E-state index contributed by atoms with van der Waals surface area (Å²) in [6.45, 7) is 9.05. The maximum absolute atomic E-state index is 5.62. The minimum Gasteiger partial charge on any atom is -0.376 e. The van der Waals surface area contributed by atoms with Crippen molar-refractivity contribution < 1.29 is 4.74 Å². The summed E-state index contributed by atoms with van der Waals surface area (Å²) in [4.78, 5) is 0. The van der Waals surface area contributed by atoms with Gasteiger partial charge in [-0.05, 0) is 34.4 Å². The number of ether oxygens (including phenoxy) is 1. The summed E-state index contributed by atoms with van der Waals surface area (Å²) in [7, 11) is 1.82. The molecule has 16 heavy (non-hydrogen) atoms. The van der Waals surface area contributed by atoms with Crippen LogP contribution in [0.25, 0.3) is 0 Å². The molecule has 0 aromatic heterocycles. The largest absolute Gasteiger partial charge is 0.376 e. The van der Waals surface area contributed by atoms with Gasteiger partial charge in [-0.3, -0.25) is 0 Å². The molecule has 0 heterocycles. The Kier molecular flexibility index (Phi) is 2.83. The van der Waals surface area contributed by atoms with Crippen LogP contribution >= 0.6 is 0 Å². The van der Waals surface area contributed by atoms with Gasteiger partial charge in [0.05, 0.1) is 6.10 Å². The van der Waals surface area contributed by atoms with Crippen molar-refractivity contribution in [3.05, 3.63) is 34.9 Å². The first-order valence-electron chi connectivity index (χ1n) is 6.09. The van der Waals surface area contributed by atoms with Crippen LogP contribution in [0.15, 0.2) is 18.2 Å². The second-order valence-electron chi connectivity index (χ2n) is 6.00. The summed E-state index contributed by atoms with van der Waals surface area (Å²) >= 11 is 0. The van der Waals surface area contributed by atoms with Gasteiger partial charge < -0.3 is 4.74 Å². The normalized spacial score (nSPS) is 24.6. The van der Waals surface area contributed by atoms with Gasteiger partial charge >= 0.3 is 0 Å². The maximum Gasteiger partial charge on any atom is 0.0852 e. The Morgan fingerprint density at radius 3 is 2.50 bits per heavy atom. The Morgan fingerprint density at radius 1 is 1.25 bits per heavy atom. The fraction of sp³-hybridized carbons (Fsp3) is 0.600. The van der Waals surface area contributed by atoms with Crippen molar-refractivity contribution in [2.45, 2.75) is 45.6 Å². The monoisotopic (exact) mass is 218 g/mol. The van der Waals surface area contributed by atoms with E-state index in [0.29, 0.717) is 5.92 Å². The molecule has 1 aliphatic rings. The molecule has 0 saturated carbocycles. The molecule has 2 atom stereocenters. The minimum absolute atomic E-state index is 0.221. The number of hydrogen-bond acceptors (Lipinski definition) is 1. The van der Waals surface area contributed by atoms with Crippen molar-refractivity contribution in [1.29, 1.82) is 0 Å². The van der Waals surface area contributed by atoms with Gasteiger partial charge in [0.15, 0.2) is 0 Å². The van der Waals surface area contributed by atoms with Crippen LogP contribution in [0.1, 0.15) is 50.5 Å². The van der Waals surface area contributed by atoms with E-state index in [2.05, 4.69) is 45.9 Å². The van der Waals surface area contributed by atoms with Crippen LogP contribution in [-0.4, -0.2) is 7.11 Å². The van der Waals surface area contributed by atoms with Crippen LogP contribution < -0.4 is 0 Å². The second kappa shape index (κ2) is 3.89. The standard InChI is InChI=1S/C15H22O/c1-10-8-11-6-7-12(15(2,3)4)9-13(11)14(10)16-5/h6-7,9-10,14H,8H2,1-5H3. The Bertz CT molecular complexity index is 387. The molecule has 1 aromatic carbocycles. The molecule has 1 nitrogen and oxygen atoms in total. The van der Waals surface area contributed by atoms with E-state index in [-0.39, 0.29) is 11.5 Å². The molecule has 0 bridgehead atoms. The van der Waals surface area contributed by atoms with Crippen molar-refractivity contribution in [2.24, 2.45) is 5.92 Å². The van der Waals surface area contributed by atoms with E-state index in [1.54, 1.807) is 0 Å². The summed E-state index contributed by atoms with van der Waals surface area (Å²) in [5.41, 5.74) is 4.50. The van der Waals surface area contributed by atoms with Crippen LogP contribution in [0, 0.1) is 5.92 Å². The third kappa shape index (κ3) is 1.89. The first-order chi connectivity index (χ1) is 7.43. The van der Waals surface area contributed by atoms with Crippen molar-refractivity contribution >= 4 is 0 Å². The van der Waals surface area contributed by atoms with Gasteiger partial charge in [0, 0.05) is 7.11 Å². The van der Waals surface area contributed by atoms with Gasteiger partial charge in [-0.2, -0.15) is 0 Å². The van der Waals surface area contributed by atoms with Crippen LogP contribution in [0.3, 0.4) is 0 Å². The highest BCUT2D eigenvalue weighted by molar-refractivity contribution is 5.40. The third-order valence-electron chi connectivity index (χ3n) is 3.63. The minimum atomic E-state index is 0.221. The average Bonchev–Trinajstić information content (AvgIpc) is 2.50. The topological polar surface area (TPSA) is 9.23 Å². The van der Waals surface area contributed by atoms with Gasteiger partial charge in [-0.1, -0.05) is 45.9 Å². The number of benzene rings is 1. The molecular formula is C15H22O. The van der Waals surface area contributed by atoms with E-state index in [9.17, 15) is 0 Å². The summed E-state index contributed by atoms with van der Waals surface area (Å²) in [5, 5.41) is 0. The smallest absolute Gasteiger partial charge is 0.0852 e. The Labute approximate surface area is 98.8 Å². The highest BCUT2D eigenvalue weighted by Gasteiger charge is 2.30. The van der Waals surface area contributed by atoms with Gasteiger partial charge in [0.2, 0.25) is 0 Å². The lowest BCUT2D eigenvalue weighted by molar-refractivity contribution is 0.0694. The predicted octanol–water partition coefficient (Wildman–Crippen LogP) is 3.86. The zero-order valence-corrected chi connectivity index (χ0v) is 11.0. The Morgan fingerprint density at radius 2 is 1.94 bits per heavy atom. The van der Waals surface area contributed by atoms with Crippen molar-refractivity contribution in [3.63, 3.8) is 0 Å². The molecule has 2 rings (SSSR count). The lowest BCUT2D eigenvalue weighted by Gasteiger charge is -2.21. The van der Waals surface area contributed by atoms with Gasteiger partial charge in [-0.25, -0.2) is 0 Å². The maximum atomic E-state index is 5.62. The summed E-state index contributed by atoms with van der Waals surface area (Å²) in [6, 6.07) is 6.89. The molecule has 1 aromatic rings. The molecule has 0 spiro atoms. The SMILES string of the molecule is COC1c2cc(C(C)(C)C)ccc2CC1C. The Hall–Kier alpha value is -0.820. The summed E-state index contributed by atoms with van der Waals surface area (Å²) in [6.07, 6.45) is 1.44. The first-order valence-corrected chi connectivity index (χ1v) is 6.09. The number of fused-ring (bicyclic) bond motifs is 1. The quantitative estimate of drug-likeness (QED) is 0.695. The Balaban J connectivity index is 2.43. The molecule has 0 aliphatic heterocycles. The molecule has 88 valence electrons. The van der Waals surface area contributed by atoms with Crippen molar-refractivity contribution in [1.82, 2.24) is 0 Å². The number of rotatable bonds is 1. The van der Waals surface area contributed by atoms with E-state index >= 15 is 0 Å². The third-order valence-corrected chi connectivity index (χ3v) is 3.63. The van der Waals surface area contributed by atoms with E-state index in [4.69, 9.17) is 4.74 Å². The van der Waals surface area contributed by atoms with Gasteiger partial charge in [-0.15, -0.1) is 0 Å². The summed E-state index contributed by atoms with van der Waals surface area (Å²) in [5.74, 6) is 0.607. The lowest BCUT2D eigenvalue weighted by atomic mass is 9.85. The lowest BCUT2D eigenvalue weighted by Crippen LogP contribution is -2.12. The van der Waals surface area contributed by atoms with E-state index in [1.165, 1.54) is 16.7 Å². The number of methoxy groups -OCH3 is 1. The molecular weight excluding hydrogens is 196 g/mol. The zero-order chi connectivity index (χ0) is 11.9. The van der Waals surface area contributed by atoms with Gasteiger partial charge in [0.1, 0.15) is 0 Å². The van der Waals surface area contributed by atoms with Crippen LogP contribution in [0.2, 0.25) is 0 Å². The van der Waals surface area contributed by atoms with Gasteiger partial charge in [0.25, 0.3) is 0 Å². The molecule has 0 fully saturated rings. The average molecular weight is 218 g/mol. The van der Waals surface area contributed by atoms with Crippen molar-refractivity contribution in [3.8, 4) is 0 Å². The first kappa shape index (κ1) is 11.7. The molecule has 1 aliphatic carbocycles. The van der Waals surface area contributed by atoms with E-state index in [0.717, 1.165) is 6.42 Å². The van der Waals surface area contributed by atoms with Crippen LogP contribution in [0.5, 0.6) is 0 Å². The van der Waals surface area contributed by atoms with E-state index in [1.807, 2.05) is 7.11 Å². The van der Waals surface area contributed by atoms with Crippen molar-refractivity contribution in [2.75, 3.05) is 7.11 Å². The molecule has 0 radical (unpaired) electrons. The summed E-state index contributed by atoms with van der Waals surface area (Å²) < 4.78 is 5.62. The molecule has 2 unspecified atom stereocenters. The molecule has 0 saturated heterocycles. The molecule has 1 heteroatoms. The van der Waals surface area contributed by atoms with Crippen LogP contribution in [0.4, 0.5) is 0 Å². The zero-order valence-electron chi connectivity index (χ0n) is 11.0. The fourth-order valence-corrected chi connectivity index (χ4v) is 2.63. The molecule has 0 N–H and O–H groups in total. The fourth-order valence-electron chi connectivity index (χ4n) is 2.63. The predicted molar refractivity (Wildman–Crippen MR) is 67.8 cm³/mol.